The average molecular weight is 301 g/mol. The molecule has 2 heteroatoms. The molecule has 1 radical (unpaired) electrons. The molecular formula is C21H21N2. The van der Waals surface area contributed by atoms with Gasteiger partial charge in [0.15, 0.2) is 0 Å². The molecule has 0 aliphatic heterocycles. The highest BCUT2D eigenvalue weighted by Gasteiger charge is 2.03. The molecule has 115 valence electrons. The molecular weight excluding hydrogens is 280 g/mol. The van der Waals surface area contributed by atoms with E-state index in [2.05, 4.69) is 72.4 Å². The van der Waals surface area contributed by atoms with Crippen molar-refractivity contribution in [3.05, 3.63) is 96.7 Å². The third-order valence-electron chi connectivity index (χ3n) is 3.90. The predicted molar refractivity (Wildman–Crippen MR) is 95.7 cm³/mol. The van der Waals surface area contributed by atoms with Crippen LogP contribution in [-0.4, -0.2) is 16.9 Å². The summed E-state index contributed by atoms with van der Waals surface area (Å²) in [5.41, 5.74) is 6.12. The third-order valence-corrected chi connectivity index (χ3v) is 3.90. The summed E-state index contributed by atoms with van der Waals surface area (Å²) < 4.78 is 0. The maximum absolute atomic E-state index is 4.06. The van der Waals surface area contributed by atoms with Crippen LogP contribution in [0.4, 0.5) is 0 Å². The lowest BCUT2D eigenvalue weighted by Gasteiger charge is -2.17. The number of rotatable bonds is 5. The monoisotopic (exact) mass is 301 g/mol. The van der Waals surface area contributed by atoms with Crippen LogP contribution in [0.25, 0.3) is 11.1 Å². The van der Waals surface area contributed by atoms with Crippen molar-refractivity contribution < 1.29 is 0 Å². The Bertz CT molecular complexity index is 731. The number of benzene rings is 2. The number of hydrogen-bond donors (Lipinski definition) is 0. The van der Waals surface area contributed by atoms with Gasteiger partial charge in [-0.15, -0.1) is 0 Å². The number of hydrogen-bond acceptors (Lipinski definition) is 2. The van der Waals surface area contributed by atoms with E-state index in [9.17, 15) is 0 Å². The summed E-state index contributed by atoms with van der Waals surface area (Å²) in [6.45, 7) is 5.79. The van der Waals surface area contributed by atoms with E-state index >= 15 is 0 Å². The van der Waals surface area contributed by atoms with Gasteiger partial charge in [-0.3, -0.25) is 9.88 Å². The minimum absolute atomic E-state index is 0.933. The molecule has 0 saturated heterocycles. The summed E-state index contributed by atoms with van der Waals surface area (Å²) >= 11 is 0. The zero-order valence-corrected chi connectivity index (χ0v) is 13.4. The third kappa shape index (κ3) is 4.27. The Morgan fingerprint density at radius 3 is 1.78 bits per heavy atom. The summed E-state index contributed by atoms with van der Waals surface area (Å²) in [6, 6.07) is 21.2. The quantitative estimate of drug-likeness (QED) is 0.686. The van der Waals surface area contributed by atoms with Crippen molar-refractivity contribution in [1.82, 2.24) is 9.88 Å². The van der Waals surface area contributed by atoms with Crippen LogP contribution in [0, 0.1) is 6.92 Å². The van der Waals surface area contributed by atoms with Crippen LogP contribution in [0.3, 0.4) is 0 Å². The van der Waals surface area contributed by atoms with Crippen molar-refractivity contribution in [3.63, 3.8) is 0 Å². The molecule has 0 fully saturated rings. The molecule has 23 heavy (non-hydrogen) atoms. The Balaban J connectivity index is 1.62. The number of pyridine rings is 1. The Morgan fingerprint density at radius 1 is 0.739 bits per heavy atom. The highest BCUT2D eigenvalue weighted by molar-refractivity contribution is 5.62. The predicted octanol–water partition coefficient (Wildman–Crippen LogP) is 4.56. The summed E-state index contributed by atoms with van der Waals surface area (Å²) in [4.78, 5) is 6.38. The molecule has 0 bridgehead atoms. The van der Waals surface area contributed by atoms with E-state index in [1.807, 2.05) is 24.5 Å². The normalized spacial score (nSPS) is 10.9. The van der Waals surface area contributed by atoms with E-state index in [1.165, 1.54) is 22.3 Å². The van der Waals surface area contributed by atoms with Crippen LogP contribution < -0.4 is 0 Å². The number of nitrogens with zero attached hydrogens (tertiary/aromatic N) is 2. The van der Waals surface area contributed by atoms with E-state index < -0.39 is 0 Å². The Kier molecular flexibility index (Phi) is 4.84. The lowest BCUT2D eigenvalue weighted by atomic mass is 10.0. The molecule has 0 saturated carbocycles. The molecule has 2 aromatic carbocycles. The summed E-state index contributed by atoms with van der Waals surface area (Å²) in [5, 5.41) is 0. The maximum atomic E-state index is 4.06. The highest BCUT2D eigenvalue weighted by atomic mass is 15.1. The molecule has 2 nitrogen and oxygen atoms in total. The van der Waals surface area contributed by atoms with Gasteiger partial charge in [0.25, 0.3) is 0 Å². The lowest BCUT2D eigenvalue weighted by molar-refractivity contribution is 0.319. The van der Waals surface area contributed by atoms with Gasteiger partial charge in [0.05, 0.1) is 0 Å². The summed E-state index contributed by atoms with van der Waals surface area (Å²) in [5.74, 6) is 0. The maximum Gasteiger partial charge on any atom is 0.0273 e. The molecule has 0 atom stereocenters. The molecule has 1 aromatic heterocycles. The molecule has 0 aliphatic rings. The van der Waals surface area contributed by atoms with Crippen molar-refractivity contribution in [2.24, 2.45) is 0 Å². The fourth-order valence-electron chi connectivity index (χ4n) is 2.67. The van der Waals surface area contributed by atoms with Crippen LogP contribution in [0.5, 0.6) is 0 Å². The zero-order valence-electron chi connectivity index (χ0n) is 13.4. The topological polar surface area (TPSA) is 16.1 Å². The Hall–Kier alpha value is -2.45. The molecule has 0 aliphatic carbocycles. The van der Waals surface area contributed by atoms with Crippen LogP contribution in [-0.2, 0) is 13.1 Å². The average Bonchev–Trinajstić information content (AvgIpc) is 2.58. The Morgan fingerprint density at radius 2 is 1.22 bits per heavy atom. The molecule has 3 aromatic rings. The Labute approximate surface area is 138 Å². The minimum Gasteiger partial charge on any atom is -0.298 e. The second-order valence-electron chi connectivity index (χ2n) is 5.92. The van der Waals surface area contributed by atoms with E-state index in [0.717, 1.165) is 18.7 Å². The zero-order chi connectivity index (χ0) is 16.1. The lowest BCUT2D eigenvalue weighted by Crippen LogP contribution is -2.17. The molecule has 0 amide bonds. The van der Waals surface area contributed by atoms with Gasteiger partial charge >= 0.3 is 0 Å². The standard InChI is InChI=1S/C21H21N2/c1-17-3-5-18(6-4-17)15-23(2)16-19-7-9-20(10-8-19)21-11-13-22-14-12-21/h3-14H,1,15-16H2,2H3. The second-order valence-corrected chi connectivity index (χ2v) is 5.92. The second kappa shape index (κ2) is 7.21. The number of aromatic nitrogens is 1. The molecule has 0 unspecified atom stereocenters. The van der Waals surface area contributed by atoms with Crippen LogP contribution in [0.1, 0.15) is 16.7 Å². The summed E-state index contributed by atoms with van der Waals surface area (Å²) in [6.07, 6.45) is 3.65. The largest absolute Gasteiger partial charge is 0.298 e. The van der Waals surface area contributed by atoms with E-state index in [1.54, 1.807) is 0 Å². The molecule has 0 N–H and O–H groups in total. The minimum atomic E-state index is 0.933. The van der Waals surface area contributed by atoms with Gasteiger partial charge in [-0.25, -0.2) is 0 Å². The smallest absolute Gasteiger partial charge is 0.0273 e. The van der Waals surface area contributed by atoms with Crippen LogP contribution in [0.15, 0.2) is 73.1 Å². The van der Waals surface area contributed by atoms with Crippen LogP contribution in [0.2, 0.25) is 0 Å². The van der Waals surface area contributed by atoms with Gasteiger partial charge in [0.1, 0.15) is 0 Å². The van der Waals surface area contributed by atoms with Gasteiger partial charge in [-0.1, -0.05) is 48.5 Å². The van der Waals surface area contributed by atoms with Crippen molar-refractivity contribution in [1.29, 1.82) is 0 Å². The molecule has 0 spiro atoms. The van der Waals surface area contributed by atoms with Gasteiger partial charge in [-0.2, -0.15) is 0 Å². The van der Waals surface area contributed by atoms with Crippen molar-refractivity contribution in [2.45, 2.75) is 13.1 Å². The molecule has 3 rings (SSSR count). The fraction of sp³-hybridized carbons (Fsp3) is 0.143. The van der Waals surface area contributed by atoms with Gasteiger partial charge in [-0.05, 0) is 53.9 Å². The van der Waals surface area contributed by atoms with Crippen molar-refractivity contribution >= 4 is 0 Å². The highest BCUT2D eigenvalue weighted by Crippen LogP contribution is 2.19. The van der Waals surface area contributed by atoms with E-state index in [4.69, 9.17) is 0 Å². The first kappa shape index (κ1) is 15.4. The van der Waals surface area contributed by atoms with Crippen molar-refractivity contribution in [2.75, 3.05) is 7.05 Å². The SMILES string of the molecule is [CH2]c1ccc(CN(C)Cc2ccc(-c3ccncc3)cc2)cc1. The summed E-state index contributed by atoms with van der Waals surface area (Å²) in [7, 11) is 2.15. The van der Waals surface area contributed by atoms with Gasteiger partial charge in [0.2, 0.25) is 0 Å². The van der Waals surface area contributed by atoms with Crippen LogP contribution >= 0.6 is 0 Å². The van der Waals surface area contributed by atoms with Gasteiger partial charge in [0, 0.05) is 25.5 Å². The van der Waals surface area contributed by atoms with E-state index in [-0.39, 0.29) is 0 Å². The fourth-order valence-corrected chi connectivity index (χ4v) is 2.67. The van der Waals surface area contributed by atoms with Gasteiger partial charge < -0.3 is 0 Å². The first-order valence-electron chi connectivity index (χ1n) is 7.79. The van der Waals surface area contributed by atoms with Crippen molar-refractivity contribution in [3.8, 4) is 11.1 Å². The van der Waals surface area contributed by atoms with E-state index in [0.29, 0.717) is 0 Å². The molecule has 1 heterocycles. The first-order chi connectivity index (χ1) is 11.2. The first-order valence-corrected chi connectivity index (χ1v) is 7.79.